The van der Waals surface area contributed by atoms with E-state index < -0.39 is 0 Å². The van der Waals surface area contributed by atoms with Gasteiger partial charge < -0.3 is 5.32 Å². The molecular weight excluding hydrogens is 196 g/mol. The molecule has 3 nitrogen and oxygen atoms in total. The summed E-state index contributed by atoms with van der Waals surface area (Å²) >= 11 is 1.55. The van der Waals surface area contributed by atoms with Crippen molar-refractivity contribution in [3.05, 3.63) is 10.6 Å². The first kappa shape index (κ1) is 9.65. The summed E-state index contributed by atoms with van der Waals surface area (Å²) in [5, 5.41) is 3.60. The van der Waals surface area contributed by atoms with E-state index in [1.54, 1.807) is 11.3 Å². The van der Waals surface area contributed by atoms with E-state index in [-0.39, 0.29) is 11.8 Å². The smallest absolute Gasteiger partial charge is 0.229 e. The number of aryl methyl sites for hydroxylation is 2. The first-order valence-corrected chi connectivity index (χ1v) is 5.64. The third kappa shape index (κ3) is 1.80. The molecule has 14 heavy (non-hydrogen) atoms. The summed E-state index contributed by atoms with van der Waals surface area (Å²) in [7, 11) is 0. The van der Waals surface area contributed by atoms with Gasteiger partial charge in [0.15, 0.2) is 5.13 Å². The van der Waals surface area contributed by atoms with Crippen LogP contribution in [-0.4, -0.2) is 10.9 Å². The SMILES string of the molecule is Cc1nc(NC(=O)C2CC2C)sc1C. The van der Waals surface area contributed by atoms with Gasteiger partial charge in [-0.1, -0.05) is 6.92 Å². The topological polar surface area (TPSA) is 42.0 Å². The fourth-order valence-electron chi connectivity index (χ4n) is 1.41. The Bertz CT molecular complexity index is 353. The maximum Gasteiger partial charge on any atom is 0.229 e. The molecule has 0 spiro atoms. The predicted octanol–water partition coefficient (Wildman–Crippen LogP) is 2.35. The van der Waals surface area contributed by atoms with Crippen LogP contribution < -0.4 is 5.32 Å². The third-order valence-electron chi connectivity index (χ3n) is 2.70. The second kappa shape index (κ2) is 3.35. The maximum absolute atomic E-state index is 11.6. The second-order valence-electron chi connectivity index (χ2n) is 3.97. The maximum atomic E-state index is 11.6. The molecule has 76 valence electrons. The van der Waals surface area contributed by atoms with Gasteiger partial charge in [-0.2, -0.15) is 0 Å². The van der Waals surface area contributed by atoms with E-state index in [0.29, 0.717) is 5.92 Å². The van der Waals surface area contributed by atoms with E-state index in [0.717, 1.165) is 17.2 Å². The van der Waals surface area contributed by atoms with Crippen LogP contribution in [0.4, 0.5) is 5.13 Å². The summed E-state index contributed by atoms with van der Waals surface area (Å²) < 4.78 is 0. The molecule has 0 aromatic carbocycles. The van der Waals surface area contributed by atoms with Crippen LogP contribution in [0.5, 0.6) is 0 Å². The Morgan fingerprint density at radius 2 is 2.21 bits per heavy atom. The van der Waals surface area contributed by atoms with Crippen molar-refractivity contribution < 1.29 is 4.79 Å². The van der Waals surface area contributed by atoms with Gasteiger partial charge in [0.05, 0.1) is 5.69 Å². The van der Waals surface area contributed by atoms with E-state index in [1.165, 1.54) is 4.88 Å². The van der Waals surface area contributed by atoms with Gasteiger partial charge in [0.25, 0.3) is 0 Å². The predicted molar refractivity (Wildman–Crippen MR) is 57.5 cm³/mol. The lowest BCUT2D eigenvalue weighted by molar-refractivity contribution is -0.117. The Kier molecular flexibility index (Phi) is 2.31. The molecule has 4 heteroatoms. The van der Waals surface area contributed by atoms with Crippen LogP contribution in [0.2, 0.25) is 0 Å². The highest BCUT2D eigenvalue weighted by Crippen LogP contribution is 2.38. The second-order valence-corrected chi connectivity index (χ2v) is 5.17. The van der Waals surface area contributed by atoms with Crippen molar-refractivity contribution in [1.82, 2.24) is 4.98 Å². The highest BCUT2D eigenvalue weighted by Gasteiger charge is 2.39. The first-order chi connectivity index (χ1) is 6.58. The van der Waals surface area contributed by atoms with Gasteiger partial charge in [-0.15, -0.1) is 11.3 Å². The average Bonchev–Trinajstić information content (AvgIpc) is 2.74. The van der Waals surface area contributed by atoms with E-state index in [1.807, 2.05) is 13.8 Å². The Morgan fingerprint density at radius 1 is 1.57 bits per heavy atom. The lowest BCUT2D eigenvalue weighted by Crippen LogP contribution is -2.14. The Balaban J connectivity index is 2.00. The number of hydrogen-bond donors (Lipinski definition) is 1. The molecular formula is C10H14N2OS. The van der Waals surface area contributed by atoms with Gasteiger partial charge in [0.2, 0.25) is 5.91 Å². The number of aromatic nitrogens is 1. The molecule has 1 saturated carbocycles. The van der Waals surface area contributed by atoms with E-state index >= 15 is 0 Å². The molecule has 1 aromatic heterocycles. The van der Waals surface area contributed by atoms with Crippen molar-refractivity contribution in [1.29, 1.82) is 0 Å². The molecule has 0 radical (unpaired) electrons. The number of nitrogens with one attached hydrogen (secondary N) is 1. The van der Waals surface area contributed by atoms with Crippen LogP contribution in [0.3, 0.4) is 0 Å². The summed E-state index contributed by atoms with van der Waals surface area (Å²) in [6.07, 6.45) is 1.02. The average molecular weight is 210 g/mol. The highest BCUT2D eigenvalue weighted by molar-refractivity contribution is 7.15. The third-order valence-corrected chi connectivity index (χ3v) is 3.69. The quantitative estimate of drug-likeness (QED) is 0.814. The number of thiazole rings is 1. The fraction of sp³-hybridized carbons (Fsp3) is 0.600. The van der Waals surface area contributed by atoms with Gasteiger partial charge >= 0.3 is 0 Å². The van der Waals surface area contributed by atoms with E-state index in [4.69, 9.17) is 0 Å². The molecule has 2 atom stereocenters. The molecule has 0 saturated heterocycles. The van der Waals surface area contributed by atoms with E-state index in [9.17, 15) is 4.79 Å². The standard InChI is InChI=1S/C10H14N2OS/c1-5-4-8(5)9(13)12-10-11-6(2)7(3)14-10/h5,8H,4H2,1-3H3,(H,11,12,13). The number of rotatable bonds is 2. The monoisotopic (exact) mass is 210 g/mol. The van der Waals surface area contributed by atoms with Gasteiger partial charge in [0, 0.05) is 10.8 Å². The normalized spacial score (nSPS) is 24.8. The van der Waals surface area contributed by atoms with Crippen molar-refractivity contribution in [3.8, 4) is 0 Å². The number of nitrogens with zero attached hydrogens (tertiary/aromatic N) is 1. The lowest BCUT2D eigenvalue weighted by atomic mass is 10.3. The minimum Gasteiger partial charge on any atom is -0.302 e. The highest BCUT2D eigenvalue weighted by atomic mass is 32.1. The van der Waals surface area contributed by atoms with Gasteiger partial charge in [0.1, 0.15) is 0 Å². The van der Waals surface area contributed by atoms with Gasteiger partial charge in [-0.05, 0) is 26.2 Å². The van der Waals surface area contributed by atoms with Crippen LogP contribution in [0.1, 0.15) is 23.9 Å². The summed E-state index contributed by atoms with van der Waals surface area (Å²) in [6, 6.07) is 0. The largest absolute Gasteiger partial charge is 0.302 e. The Labute approximate surface area is 87.6 Å². The summed E-state index contributed by atoms with van der Waals surface area (Å²) in [5.74, 6) is 0.905. The van der Waals surface area contributed by atoms with Crippen molar-refractivity contribution in [2.24, 2.45) is 11.8 Å². The number of anilines is 1. The molecule has 0 bridgehead atoms. The summed E-state index contributed by atoms with van der Waals surface area (Å²) in [5.41, 5.74) is 1.01. The van der Waals surface area contributed by atoms with Crippen LogP contribution in [0.15, 0.2) is 0 Å². The summed E-state index contributed by atoms with van der Waals surface area (Å²) in [4.78, 5) is 17.0. The molecule has 1 fully saturated rings. The molecule has 1 aliphatic carbocycles. The molecule has 1 N–H and O–H groups in total. The van der Waals surface area contributed by atoms with Gasteiger partial charge in [-0.25, -0.2) is 4.98 Å². The minimum atomic E-state index is 0.131. The lowest BCUT2D eigenvalue weighted by Gasteiger charge is -1.98. The molecule has 1 amide bonds. The van der Waals surface area contributed by atoms with Crippen molar-refractivity contribution in [3.63, 3.8) is 0 Å². The van der Waals surface area contributed by atoms with E-state index in [2.05, 4.69) is 17.2 Å². The number of carbonyl (C=O) groups excluding carboxylic acids is 1. The molecule has 2 rings (SSSR count). The minimum absolute atomic E-state index is 0.131. The zero-order valence-electron chi connectivity index (χ0n) is 8.63. The van der Waals surface area contributed by atoms with Crippen molar-refractivity contribution >= 4 is 22.4 Å². The number of carbonyl (C=O) groups is 1. The van der Waals surface area contributed by atoms with Gasteiger partial charge in [-0.3, -0.25) is 4.79 Å². The zero-order chi connectivity index (χ0) is 10.3. The molecule has 1 aromatic rings. The zero-order valence-corrected chi connectivity index (χ0v) is 9.44. The van der Waals surface area contributed by atoms with Crippen LogP contribution in [0.25, 0.3) is 0 Å². The number of hydrogen-bond acceptors (Lipinski definition) is 3. The van der Waals surface area contributed by atoms with Crippen LogP contribution in [-0.2, 0) is 4.79 Å². The Morgan fingerprint density at radius 3 is 2.64 bits per heavy atom. The molecule has 1 aliphatic rings. The Hall–Kier alpha value is -0.900. The number of amides is 1. The van der Waals surface area contributed by atoms with Crippen LogP contribution in [0, 0.1) is 25.7 Å². The van der Waals surface area contributed by atoms with Crippen LogP contribution >= 0.6 is 11.3 Å². The molecule has 1 heterocycles. The molecule has 2 unspecified atom stereocenters. The molecule has 0 aliphatic heterocycles. The first-order valence-electron chi connectivity index (χ1n) is 4.83. The summed E-state index contributed by atoms with van der Waals surface area (Å²) in [6.45, 7) is 6.08. The van der Waals surface area contributed by atoms with Crippen molar-refractivity contribution in [2.45, 2.75) is 27.2 Å². The fourth-order valence-corrected chi connectivity index (χ4v) is 2.23. The van der Waals surface area contributed by atoms with Crippen molar-refractivity contribution in [2.75, 3.05) is 5.32 Å².